The van der Waals surface area contributed by atoms with Crippen molar-refractivity contribution in [2.45, 2.75) is 13.3 Å². The van der Waals surface area contributed by atoms with Crippen LogP contribution in [0, 0.1) is 12.7 Å². The van der Waals surface area contributed by atoms with E-state index in [1.165, 1.54) is 6.07 Å². The molecule has 0 aromatic heterocycles. The number of hydrogen-bond donors (Lipinski definition) is 0. The fourth-order valence-electron chi connectivity index (χ4n) is 1.63. The minimum atomic E-state index is -0.391. The van der Waals surface area contributed by atoms with Crippen LogP contribution in [0.15, 0.2) is 36.4 Å². The monoisotopic (exact) mass is 268 g/mol. The Labute approximate surface area is 110 Å². The van der Waals surface area contributed by atoms with E-state index in [1.807, 2.05) is 25.1 Å². The molecule has 0 amide bonds. The van der Waals surface area contributed by atoms with Crippen LogP contribution in [0.3, 0.4) is 0 Å². The zero-order chi connectivity index (χ0) is 12.4. The zero-order valence-electron chi connectivity index (χ0n) is 9.31. The minimum Gasteiger partial charge on any atom is -0.205 e. The van der Waals surface area contributed by atoms with Crippen molar-refractivity contribution in [2.75, 3.05) is 0 Å². The van der Waals surface area contributed by atoms with Crippen LogP contribution < -0.4 is 0 Å². The average molecular weight is 269 g/mol. The van der Waals surface area contributed by atoms with Crippen LogP contribution in [0.1, 0.15) is 16.7 Å². The molecule has 0 atom stereocenters. The summed E-state index contributed by atoms with van der Waals surface area (Å²) in [5.41, 5.74) is 3.10. The van der Waals surface area contributed by atoms with Crippen LogP contribution in [-0.4, -0.2) is 0 Å². The van der Waals surface area contributed by atoms with E-state index in [4.69, 9.17) is 23.2 Å². The van der Waals surface area contributed by atoms with Crippen molar-refractivity contribution in [2.24, 2.45) is 0 Å². The SMILES string of the molecule is Cc1ccc(Cc2ccc(F)c(Cl)c2)cc1Cl. The van der Waals surface area contributed by atoms with E-state index >= 15 is 0 Å². The molecule has 0 aliphatic rings. The third-order valence-electron chi connectivity index (χ3n) is 2.63. The molecule has 0 fully saturated rings. The van der Waals surface area contributed by atoms with Gasteiger partial charge in [0.1, 0.15) is 5.82 Å². The maximum absolute atomic E-state index is 13.0. The summed E-state index contributed by atoms with van der Waals surface area (Å²) in [5.74, 6) is -0.391. The maximum atomic E-state index is 13.0. The van der Waals surface area contributed by atoms with Gasteiger partial charge in [0.15, 0.2) is 0 Å². The highest BCUT2D eigenvalue weighted by Gasteiger charge is 2.03. The van der Waals surface area contributed by atoms with E-state index in [2.05, 4.69) is 0 Å². The van der Waals surface area contributed by atoms with Crippen molar-refractivity contribution in [3.8, 4) is 0 Å². The minimum absolute atomic E-state index is 0.153. The molecule has 17 heavy (non-hydrogen) atoms. The van der Waals surface area contributed by atoms with Gasteiger partial charge in [-0.15, -0.1) is 0 Å². The molecule has 2 aromatic carbocycles. The molecule has 0 bridgehead atoms. The van der Waals surface area contributed by atoms with Gasteiger partial charge < -0.3 is 0 Å². The Morgan fingerprint density at radius 1 is 0.941 bits per heavy atom. The molecule has 0 nitrogen and oxygen atoms in total. The third-order valence-corrected chi connectivity index (χ3v) is 3.33. The lowest BCUT2D eigenvalue weighted by atomic mass is 10.0. The van der Waals surface area contributed by atoms with Crippen LogP contribution in [-0.2, 0) is 6.42 Å². The number of halogens is 3. The van der Waals surface area contributed by atoms with Crippen molar-refractivity contribution in [1.82, 2.24) is 0 Å². The Bertz CT molecular complexity index is 500. The van der Waals surface area contributed by atoms with Crippen LogP contribution in [0.5, 0.6) is 0 Å². The van der Waals surface area contributed by atoms with Crippen molar-refractivity contribution in [3.63, 3.8) is 0 Å². The first-order chi connectivity index (χ1) is 8.06. The van der Waals surface area contributed by atoms with Crippen molar-refractivity contribution >= 4 is 23.2 Å². The van der Waals surface area contributed by atoms with E-state index in [1.54, 1.807) is 12.1 Å². The second kappa shape index (κ2) is 5.07. The van der Waals surface area contributed by atoms with E-state index in [0.717, 1.165) is 21.7 Å². The molecule has 88 valence electrons. The lowest BCUT2D eigenvalue weighted by Crippen LogP contribution is -1.90. The maximum Gasteiger partial charge on any atom is 0.141 e. The number of benzene rings is 2. The largest absolute Gasteiger partial charge is 0.205 e. The lowest BCUT2D eigenvalue weighted by molar-refractivity contribution is 0.627. The summed E-state index contributed by atoms with van der Waals surface area (Å²) in [7, 11) is 0. The van der Waals surface area contributed by atoms with Crippen LogP contribution in [0.4, 0.5) is 4.39 Å². The fourth-order valence-corrected chi connectivity index (χ4v) is 2.04. The predicted octanol–water partition coefficient (Wildman–Crippen LogP) is 5.03. The smallest absolute Gasteiger partial charge is 0.141 e. The van der Waals surface area contributed by atoms with Gasteiger partial charge in [0, 0.05) is 5.02 Å². The van der Waals surface area contributed by atoms with E-state index in [-0.39, 0.29) is 5.02 Å². The second-order valence-corrected chi connectivity index (χ2v) is 4.82. The Balaban J connectivity index is 2.25. The molecule has 0 radical (unpaired) electrons. The summed E-state index contributed by atoms with van der Waals surface area (Å²) >= 11 is 11.8. The Hall–Kier alpha value is -1.05. The molecule has 0 heterocycles. The van der Waals surface area contributed by atoms with Gasteiger partial charge in [0.05, 0.1) is 5.02 Å². The van der Waals surface area contributed by atoms with Crippen LogP contribution >= 0.6 is 23.2 Å². The summed E-state index contributed by atoms with van der Waals surface area (Å²) in [6, 6.07) is 10.7. The van der Waals surface area contributed by atoms with Crippen molar-refractivity contribution < 1.29 is 4.39 Å². The Morgan fingerprint density at radius 3 is 2.12 bits per heavy atom. The van der Waals surface area contributed by atoms with E-state index in [0.29, 0.717) is 6.42 Å². The second-order valence-electron chi connectivity index (χ2n) is 4.01. The molecule has 0 saturated carbocycles. The van der Waals surface area contributed by atoms with Gasteiger partial charge in [0.2, 0.25) is 0 Å². The molecule has 0 aliphatic heterocycles. The van der Waals surface area contributed by atoms with Gasteiger partial charge in [-0.05, 0) is 48.2 Å². The molecule has 3 heteroatoms. The number of aryl methyl sites for hydroxylation is 1. The molecule has 2 rings (SSSR count). The first-order valence-electron chi connectivity index (χ1n) is 5.25. The quantitative estimate of drug-likeness (QED) is 0.717. The molecule has 0 unspecified atom stereocenters. The van der Waals surface area contributed by atoms with Gasteiger partial charge in [-0.3, -0.25) is 0 Å². The standard InChI is InChI=1S/C14H11Cl2F/c1-9-2-3-10(7-12(9)15)6-11-4-5-14(17)13(16)8-11/h2-5,7-8H,6H2,1H3. The van der Waals surface area contributed by atoms with Crippen molar-refractivity contribution in [1.29, 1.82) is 0 Å². The van der Waals surface area contributed by atoms with E-state index < -0.39 is 5.82 Å². The fraction of sp³-hybridized carbons (Fsp3) is 0.143. The van der Waals surface area contributed by atoms with Gasteiger partial charge in [0.25, 0.3) is 0 Å². The Kier molecular flexibility index (Phi) is 3.70. The summed E-state index contributed by atoms with van der Waals surface area (Å²) in [6.45, 7) is 1.96. The molecule has 0 saturated heterocycles. The summed E-state index contributed by atoms with van der Waals surface area (Å²) < 4.78 is 13.0. The highest BCUT2D eigenvalue weighted by Crippen LogP contribution is 2.21. The topological polar surface area (TPSA) is 0 Å². The van der Waals surface area contributed by atoms with Crippen molar-refractivity contribution in [3.05, 3.63) is 69.0 Å². The molecule has 0 N–H and O–H groups in total. The summed E-state index contributed by atoms with van der Waals surface area (Å²) in [5, 5.41) is 0.899. The number of rotatable bonds is 2. The zero-order valence-corrected chi connectivity index (χ0v) is 10.8. The van der Waals surface area contributed by atoms with Crippen LogP contribution in [0.25, 0.3) is 0 Å². The highest BCUT2D eigenvalue weighted by atomic mass is 35.5. The summed E-state index contributed by atoms with van der Waals surface area (Å²) in [4.78, 5) is 0. The number of hydrogen-bond acceptors (Lipinski definition) is 0. The Morgan fingerprint density at radius 2 is 1.53 bits per heavy atom. The summed E-state index contributed by atoms with van der Waals surface area (Å²) in [6.07, 6.45) is 0.694. The van der Waals surface area contributed by atoms with Crippen LogP contribution in [0.2, 0.25) is 10.0 Å². The van der Waals surface area contributed by atoms with Gasteiger partial charge >= 0.3 is 0 Å². The molecule has 0 aliphatic carbocycles. The molecule has 2 aromatic rings. The third kappa shape index (κ3) is 2.99. The molecular weight excluding hydrogens is 258 g/mol. The lowest BCUT2D eigenvalue weighted by Gasteiger charge is -2.05. The van der Waals surface area contributed by atoms with Gasteiger partial charge in [-0.1, -0.05) is 41.4 Å². The van der Waals surface area contributed by atoms with Gasteiger partial charge in [-0.25, -0.2) is 4.39 Å². The average Bonchev–Trinajstić information content (AvgIpc) is 2.29. The first-order valence-corrected chi connectivity index (χ1v) is 6.01. The predicted molar refractivity (Wildman–Crippen MR) is 70.4 cm³/mol. The van der Waals surface area contributed by atoms with Gasteiger partial charge in [-0.2, -0.15) is 0 Å². The first kappa shape index (κ1) is 12.4. The molecule has 0 spiro atoms. The molecular formula is C14H11Cl2F. The van der Waals surface area contributed by atoms with E-state index in [9.17, 15) is 4.39 Å². The normalized spacial score (nSPS) is 10.6. The highest BCUT2D eigenvalue weighted by molar-refractivity contribution is 6.31.